The molecule has 0 N–H and O–H groups in total. The topological polar surface area (TPSA) is 19.4 Å². The molecule has 128 valence electrons. The van der Waals surface area contributed by atoms with Crippen LogP contribution in [-0.2, 0) is 12.7 Å². The summed E-state index contributed by atoms with van der Waals surface area (Å²) >= 11 is 0. The van der Waals surface area contributed by atoms with Gasteiger partial charge < -0.3 is 4.90 Å². The number of rotatable bonds is 3. The molecule has 1 aliphatic heterocycles. The molecule has 0 aliphatic carbocycles. The first-order chi connectivity index (χ1) is 11.4. The van der Waals surface area contributed by atoms with Crippen LogP contribution in [0.2, 0.25) is 0 Å². The Morgan fingerprint density at radius 1 is 0.958 bits per heavy atom. The lowest BCUT2D eigenvalue weighted by molar-refractivity contribution is -0.137. The summed E-state index contributed by atoms with van der Waals surface area (Å²) in [7, 11) is 0. The summed E-state index contributed by atoms with van der Waals surface area (Å²) in [5.74, 6) is 0.0765. The summed E-state index contributed by atoms with van der Waals surface area (Å²) in [5, 5.41) is 0. The highest BCUT2D eigenvalue weighted by atomic mass is 19.4. The monoisotopic (exact) mass is 339 g/mol. The Morgan fingerprint density at radius 3 is 2.33 bits per heavy atom. The number of hydrogen-bond acceptors (Lipinski definition) is 3. The van der Waals surface area contributed by atoms with Gasteiger partial charge in [0.2, 0.25) is 5.95 Å². The Morgan fingerprint density at radius 2 is 1.67 bits per heavy atom. The number of halogens is 4. The molecule has 1 saturated heterocycles. The summed E-state index contributed by atoms with van der Waals surface area (Å²) in [5.41, 5.74) is 0.0183. The van der Waals surface area contributed by atoms with Crippen molar-refractivity contribution in [1.29, 1.82) is 0 Å². The van der Waals surface area contributed by atoms with Crippen LogP contribution in [0.5, 0.6) is 0 Å². The average Bonchev–Trinajstić information content (AvgIpc) is 2.55. The largest absolute Gasteiger partial charge is 0.416 e. The van der Waals surface area contributed by atoms with Gasteiger partial charge in [-0.2, -0.15) is 17.6 Å². The Kier molecular flexibility index (Phi) is 4.71. The van der Waals surface area contributed by atoms with Gasteiger partial charge in [0.1, 0.15) is 5.82 Å². The van der Waals surface area contributed by atoms with Crippen molar-refractivity contribution in [2.75, 3.05) is 31.1 Å². The number of anilines is 1. The molecule has 2 heterocycles. The first-order valence-electron chi connectivity index (χ1n) is 7.68. The van der Waals surface area contributed by atoms with Gasteiger partial charge in [0.15, 0.2) is 0 Å². The van der Waals surface area contributed by atoms with Crippen LogP contribution in [0.1, 0.15) is 11.1 Å². The maximum Gasteiger partial charge on any atom is 0.416 e. The van der Waals surface area contributed by atoms with Gasteiger partial charge in [0.25, 0.3) is 0 Å². The van der Waals surface area contributed by atoms with E-state index in [0.717, 1.165) is 6.07 Å². The highest BCUT2D eigenvalue weighted by Gasteiger charge is 2.30. The van der Waals surface area contributed by atoms with Gasteiger partial charge in [-0.3, -0.25) is 4.90 Å². The van der Waals surface area contributed by atoms with Crippen molar-refractivity contribution in [2.24, 2.45) is 0 Å². The zero-order valence-corrected chi connectivity index (χ0v) is 12.9. The minimum Gasteiger partial charge on any atom is -0.354 e. The van der Waals surface area contributed by atoms with E-state index >= 15 is 0 Å². The predicted octanol–water partition coefficient (Wildman–Crippen LogP) is 3.56. The molecule has 0 saturated carbocycles. The smallest absolute Gasteiger partial charge is 0.354 e. The molecule has 3 rings (SSSR count). The van der Waals surface area contributed by atoms with Crippen LogP contribution in [0.25, 0.3) is 0 Å². The summed E-state index contributed by atoms with van der Waals surface area (Å²) in [6.45, 7) is 3.17. The molecule has 1 aromatic heterocycles. The lowest BCUT2D eigenvalue weighted by Gasteiger charge is -2.35. The van der Waals surface area contributed by atoms with Crippen LogP contribution in [0.4, 0.5) is 23.4 Å². The van der Waals surface area contributed by atoms with Crippen molar-refractivity contribution < 1.29 is 17.6 Å². The molecular weight excluding hydrogens is 322 g/mol. The first-order valence-corrected chi connectivity index (χ1v) is 7.68. The number of nitrogens with zero attached hydrogens (tertiary/aromatic N) is 3. The minimum atomic E-state index is -4.32. The van der Waals surface area contributed by atoms with E-state index in [2.05, 4.69) is 9.88 Å². The SMILES string of the molecule is Fc1cccc(N2CCN(Cc3cccc(C(F)(F)F)c3)CC2)n1. The molecule has 0 amide bonds. The molecule has 0 unspecified atom stereocenters. The average molecular weight is 339 g/mol. The minimum absolute atomic E-state index is 0.467. The second kappa shape index (κ2) is 6.76. The number of hydrogen-bond donors (Lipinski definition) is 0. The Labute approximate surface area is 137 Å². The quantitative estimate of drug-likeness (QED) is 0.630. The fourth-order valence-electron chi connectivity index (χ4n) is 2.81. The van der Waals surface area contributed by atoms with Crippen molar-refractivity contribution in [3.05, 3.63) is 59.5 Å². The Bertz CT molecular complexity index is 694. The number of piperazine rings is 1. The number of benzene rings is 1. The number of pyridine rings is 1. The molecule has 24 heavy (non-hydrogen) atoms. The third-order valence-corrected chi connectivity index (χ3v) is 4.06. The number of alkyl halides is 3. The van der Waals surface area contributed by atoms with Gasteiger partial charge in [-0.15, -0.1) is 0 Å². The van der Waals surface area contributed by atoms with Crippen molar-refractivity contribution >= 4 is 5.82 Å². The van der Waals surface area contributed by atoms with Crippen LogP contribution in [0.15, 0.2) is 42.5 Å². The Balaban J connectivity index is 1.60. The molecule has 0 atom stereocenters. The summed E-state index contributed by atoms with van der Waals surface area (Å²) in [6.07, 6.45) is -4.32. The van der Waals surface area contributed by atoms with Crippen LogP contribution < -0.4 is 4.90 Å². The standard InChI is InChI=1S/C17H17F4N3/c18-15-5-2-6-16(22-15)24-9-7-23(8-10-24)12-13-3-1-4-14(11-13)17(19,20)21/h1-6,11H,7-10,12H2. The summed E-state index contributed by atoms with van der Waals surface area (Å²) < 4.78 is 51.5. The summed E-state index contributed by atoms with van der Waals surface area (Å²) in [4.78, 5) is 7.93. The second-order valence-electron chi connectivity index (χ2n) is 5.78. The van der Waals surface area contributed by atoms with E-state index in [4.69, 9.17) is 0 Å². The lowest BCUT2D eigenvalue weighted by Crippen LogP contribution is -2.46. The van der Waals surface area contributed by atoms with Crippen molar-refractivity contribution in [1.82, 2.24) is 9.88 Å². The van der Waals surface area contributed by atoms with Gasteiger partial charge in [0, 0.05) is 32.7 Å². The highest BCUT2D eigenvalue weighted by molar-refractivity contribution is 5.38. The van der Waals surface area contributed by atoms with Crippen molar-refractivity contribution in [2.45, 2.75) is 12.7 Å². The fraction of sp³-hybridized carbons (Fsp3) is 0.353. The third kappa shape index (κ3) is 4.03. The molecule has 0 radical (unpaired) electrons. The highest BCUT2D eigenvalue weighted by Crippen LogP contribution is 2.29. The van der Waals surface area contributed by atoms with Gasteiger partial charge in [-0.05, 0) is 23.8 Å². The van der Waals surface area contributed by atoms with E-state index in [1.807, 2.05) is 4.90 Å². The zero-order chi connectivity index (χ0) is 17.2. The molecule has 0 spiro atoms. The summed E-state index contributed by atoms with van der Waals surface area (Å²) in [6, 6.07) is 10.1. The first kappa shape index (κ1) is 16.7. The van der Waals surface area contributed by atoms with Crippen LogP contribution in [-0.4, -0.2) is 36.1 Å². The van der Waals surface area contributed by atoms with Crippen LogP contribution in [0.3, 0.4) is 0 Å². The van der Waals surface area contributed by atoms with Gasteiger partial charge in [-0.1, -0.05) is 24.3 Å². The van der Waals surface area contributed by atoms with E-state index < -0.39 is 17.7 Å². The molecule has 3 nitrogen and oxygen atoms in total. The van der Waals surface area contributed by atoms with E-state index in [1.165, 1.54) is 18.2 Å². The third-order valence-electron chi connectivity index (χ3n) is 4.06. The zero-order valence-electron chi connectivity index (χ0n) is 12.9. The van der Waals surface area contributed by atoms with E-state index in [1.54, 1.807) is 18.2 Å². The lowest BCUT2D eigenvalue weighted by atomic mass is 10.1. The maximum atomic E-state index is 13.2. The van der Waals surface area contributed by atoms with Gasteiger partial charge >= 0.3 is 6.18 Å². The van der Waals surface area contributed by atoms with Gasteiger partial charge in [0.05, 0.1) is 5.56 Å². The molecule has 7 heteroatoms. The molecule has 2 aromatic rings. The predicted molar refractivity (Wildman–Crippen MR) is 83.1 cm³/mol. The molecule has 0 bridgehead atoms. The fourth-order valence-corrected chi connectivity index (χ4v) is 2.81. The van der Waals surface area contributed by atoms with Crippen molar-refractivity contribution in [3.63, 3.8) is 0 Å². The van der Waals surface area contributed by atoms with E-state index in [9.17, 15) is 17.6 Å². The number of aromatic nitrogens is 1. The Hall–Kier alpha value is -2.15. The van der Waals surface area contributed by atoms with Gasteiger partial charge in [-0.25, -0.2) is 4.98 Å². The molecule has 1 aliphatic rings. The maximum absolute atomic E-state index is 13.2. The second-order valence-corrected chi connectivity index (χ2v) is 5.78. The van der Waals surface area contributed by atoms with Crippen LogP contribution in [0, 0.1) is 5.95 Å². The van der Waals surface area contributed by atoms with Crippen LogP contribution >= 0.6 is 0 Å². The van der Waals surface area contributed by atoms with E-state index in [-0.39, 0.29) is 0 Å². The van der Waals surface area contributed by atoms with Crippen molar-refractivity contribution in [3.8, 4) is 0 Å². The molecular formula is C17H17F4N3. The normalized spacial score (nSPS) is 16.4. The molecule has 1 aromatic carbocycles. The molecule has 1 fully saturated rings. The van der Waals surface area contributed by atoms with E-state index in [0.29, 0.717) is 44.1 Å².